The normalized spacial score (nSPS) is 29.3. The minimum absolute atomic E-state index is 0.836. The van der Waals surface area contributed by atoms with Crippen molar-refractivity contribution < 1.29 is 0 Å². The first kappa shape index (κ1) is 7.79. The van der Waals surface area contributed by atoms with E-state index in [0.29, 0.717) is 0 Å². The van der Waals surface area contributed by atoms with Crippen LogP contribution in [0.5, 0.6) is 0 Å². The fraction of sp³-hybridized carbons (Fsp3) is 1.00. The molecule has 9 heavy (non-hydrogen) atoms. The van der Waals surface area contributed by atoms with Gasteiger partial charge in [-0.1, -0.05) is 29.5 Å². The van der Waals surface area contributed by atoms with Gasteiger partial charge in [-0.3, -0.25) is 4.90 Å². The van der Waals surface area contributed by atoms with Crippen molar-refractivity contribution in [2.24, 2.45) is 0 Å². The summed E-state index contributed by atoms with van der Waals surface area (Å²) in [4.78, 5) is 2.57. The molecule has 0 aromatic rings. The maximum absolute atomic E-state index is 2.57. The summed E-state index contributed by atoms with van der Waals surface area (Å²) in [6.45, 7) is 4.89. The van der Waals surface area contributed by atoms with E-state index in [-0.39, 0.29) is 0 Å². The number of halogens is 1. The molecule has 0 radical (unpaired) electrons. The fourth-order valence-corrected chi connectivity index (χ4v) is 2.32. The van der Waals surface area contributed by atoms with Crippen molar-refractivity contribution in [2.45, 2.75) is 30.2 Å². The Morgan fingerprint density at radius 2 is 2.44 bits per heavy atom. The highest BCUT2D eigenvalue weighted by atomic mass is 127. The molecule has 0 saturated carbocycles. The SMILES string of the molecule is CCCN1CCCC1I. The minimum Gasteiger partial charge on any atom is -0.292 e. The Morgan fingerprint density at radius 3 is 2.89 bits per heavy atom. The zero-order valence-corrected chi connectivity index (χ0v) is 8.10. The van der Waals surface area contributed by atoms with Crippen molar-refractivity contribution in [1.82, 2.24) is 4.90 Å². The molecule has 1 unspecified atom stereocenters. The number of nitrogens with zero attached hydrogens (tertiary/aromatic N) is 1. The molecule has 1 nitrogen and oxygen atoms in total. The summed E-state index contributed by atoms with van der Waals surface area (Å²) in [6, 6.07) is 0. The van der Waals surface area contributed by atoms with Crippen molar-refractivity contribution >= 4 is 22.6 Å². The molecule has 2 heteroatoms. The first-order valence-electron chi connectivity index (χ1n) is 3.72. The largest absolute Gasteiger partial charge is 0.292 e. The van der Waals surface area contributed by atoms with Crippen molar-refractivity contribution in [1.29, 1.82) is 0 Å². The number of hydrogen-bond acceptors (Lipinski definition) is 1. The summed E-state index contributed by atoms with van der Waals surface area (Å²) in [7, 11) is 0. The van der Waals surface area contributed by atoms with Gasteiger partial charge in [0.2, 0.25) is 0 Å². The lowest BCUT2D eigenvalue weighted by molar-refractivity contribution is 0.328. The molecule has 0 spiro atoms. The lowest BCUT2D eigenvalue weighted by Crippen LogP contribution is -2.25. The highest BCUT2D eigenvalue weighted by Gasteiger charge is 2.19. The third kappa shape index (κ3) is 2.08. The van der Waals surface area contributed by atoms with Gasteiger partial charge in [0.05, 0.1) is 4.05 Å². The van der Waals surface area contributed by atoms with E-state index in [9.17, 15) is 0 Å². The minimum atomic E-state index is 0.836. The number of rotatable bonds is 2. The molecule has 54 valence electrons. The maximum atomic E-state index is 2.57. The van der Waals surface area contributed by atoms with E-state index in [1.165, 1.54) is 32.4 Å². The third-order valence-electron chi connectivity index (χ3n) is 1.79. The Morgan fingerprint density at radius 1 is 1.67 bits per heavy atom. The van der Waals surface area contributed by atoms with E-state index in [1.54, 1.807) is 0 Å². The van der Waals surface area contributed by atoms with E-state index >= 15 is 0 Å². The third-order valence-corrected chi connectivity index (χ3v) is 3.21. The highest BCUT2D eigenvalue weighted by Crippen LogP contribution is 2.21. The summed E-state index contributed by atoms with van der Waals surface area (Å²) in [5.41, 5.74) is 0. The van der Waals surface area contributed by atoms with Gasteiger partial charge in [0, 0.05) is 0 Å². The summed E-state index contributed by atoms with van der Waals surface area (Å²) in [6.07, 6.45) is 4.12. The summed E-state index contributed by atoms with van der Waals surface area (Å²) in [5, 5.41) is 0. The molecule has 0 amide bonds. The standard InChI is InChI=1S/C7H14IN/c1-2-5-9-6-3-4-7(9)8/h7H,2-6H2,1H3. The van der Waals surface area contributed by atoms with Crippen LogP contribution in [0.2, 0.25) is 0 Å². The Labute approximate surface area is 70.9 Å². The molecule has 0 aliphatic carbocycles. The van der Waals surface area contributed by atoms with Crippen LogP contribution in [0.15, 0.2) is 0 Å². The van der Waals surface area contributed by atoms with Gasteiger partial charge in [-0.25, -0.2) is 0 Å². The molecule has 1 atom stereocenters. The van der Waals surface area contributed by atoms with Gasteiger partial charge in [-0.05, 0) is 32.4 Å². The summed E-state index contributed by atoms with van der Waals surface area (Å²) >= 11 is 2.54. The number of likely N-dealkylation sites (tertiary alicyclic amines) is 1. The molecule has 0 N–H and O–H groups in total. The van der Waals surface area contributed by atoms with Crippen molar-refractivity contribution in [3.05, 3.63) is 0 Å². The molecule has 1 heterocycles. The van der Waals surface area contributed by atoms with Crippen LogP contribution in [0, 0.1) is 0 Å². The highest BCUT2D eigenvalue weighted by molar-refractivity contribution is 14.1. The Balaban J connectivity index is 2.22. The molecule has 1 rings (SSSR count). The Bertz CT molecular complexity index is 85.0. The van der Waals surface area contributed by atoms with Gasteiger partial charge in [0.15, 0.2) is 0 Å². The van der Waals surface area contributed by atoms with Crippen LogP contribution in [0.1, 0.15) is 26.2 Å². The monoisotopic (exact) mass is 239 g/mol. The molecule has 0 bridgehead atoms. The van der Waals surface area contributed by atoms with Gasteiger partial charge < -0.3 is 0 Å². The average Bonchev–Trinajstić information content (AvgIpc) is 2.18. The van der Waals surface area contributed by atoms with Crippen LogP contribution in [0.3, 0.4) is 0 Å². The first-order valence-corrected chi connectivity index (χ1v) is 4.97. The van der Waals surface area contributed by atoms with Crippen LogP contribution >= 0.6 is 22.6 Å². The second kappa shape index (κ2) is 3.76. The topological polar surface area (TPSA) is 3.24 Å². The number of hydrogen-bond donors (Lipinski definition) is 0. The molecule has 0 aromatic carbocycles. The maximum Gasteiger partial charge on any atom is 0.0619 e. The van der Waals surface area contributed by atoms with E-state index in [2.05, 4.69) is 34.4 Å². The summed E-state index contributed by atoms with van der Waals surface area (Å²) < 4.78 is 0.836. The zero-order chi connectivity index (χ0) is 6.69. The van der Waals surface area contributed by atoms with Gasteiger partial charge in [0.1, 0.15) is 0 Å². The lowest BCUT2D eigenvalue weighted by atomic mass is 10.4. The smallest absolute Gasteiger partial charge is 0.0619 e. The van der Waals surface area contributed by atoms with Gasteiger partial charge in [0.25, 0.3) is 0 Å². The predicted octanol–water partition coefficient (Wildman–Crippen LogP) is 2.25. The predicted molar refractivity (Wildman–Crippen MR) is 48.9 cm³/mol. The molecular formula is C7H14IN. The van der Waals surface area contributed by atoms with Crippen molar-refractivity contribution in [3.63, 3.8) is 0 Å². The second-order valence-electron chi connectivity index (χ2n) is 2.61. The van der Waals surface area contributed by atoms with Crippen LogP contribution < -0.4 is 0 Å². The molecule has 1 fully saturated rings. The molecule has 1 aliphatic heterocycles. The van der Waals surface area contributed by atoms with Crippen LogP contribution in [-0.4, -0.2) is 22.0 Å². The van der Waals surface area contributed by atoms with Gasteiger partial charge in [-0.2, -0.15) is 0 Å². The first-order chi connectivity index (χ1) is 4.34. The average molecular weight is 239 g/mol. The number of alkyl halides is 1. The molecular weight excluding hydrogens is 225 g/mol. The van der Waals surface area contributed by atoms with E-state index in [1.807, 2.05) is 0 Å². The van der Waals surface area contributed by atoms with Crippen LogP contribution in [-0.2, 0) is 0 Å². The van der Waals surface area contributed by atoms with Crippen LogP contribution in [0.25, 0.3) is 0 Å². The molecule has 1 saturated heterocycles. The molecule has 0 aromatic heterocycles. The summed E-state index contributed by atoms with van der Waals surface area (Å²) in [5.74, 6) is 0. The fourth-order valence-electron chi connectivity index (χ4n) is 1.32. The molecule has 1 aliphatic rings. The van der Waals surface area contributed by atoms with E-state index in [0.717, 1.165) is 4.05 Å². The lowest BCUT2D eigenvalue weighted by Gasteiger charge is -2.17. The van der Waals surface area contributed by atoms with Crippen molar-refractivity contribution in [2.75, 3.05) is 13.1 Å². The zero-order valence-electron chi connectivity index (χ0n) is 5.94. The Hall–Kier alpha value is 0.690. The van der Waals surface area contributed by atoms with Crippen LogP contribution in [0.4, 0.5) is 0 Å². The van der Waals surface area contributed by atoms with E-state index in [4.69, 9.17) is 0 Å². The van der Waals surface area contributed by atoms with Crippen molar-refractivity contribution in [3.8, 4) is 0 Å². The quantitative estimate of drug-likeness (QED) is 0.406. The second-order valence-corrected chi connectivity index (χ2v) is 4.05. The van der Waals surface area contributed by atoms with E-state index < -0.39 is 0 Å². The Kier molecular flexibility index (Phi) is 3.26. The van der Waals surface area contributed by atoms with Gasteiger partial charge >= 0.3 is 0 Å². The van der Waals surface area contributed by atoms with Gasteiger partial charge in [-0.15, -0.1) is 0 Å².